The number of piperazine rings is 1. The first kappa shape index (κ1) is 16.3. The summed E-state index contributed by atoms with van der Waals surface area (Å²) in [4.78, 5) is 2.23. The number of rotatable bonds is 6. The molecule has 0 bridgehead atoms. The Kier molecular flexibility index (Phi) is 5.61. The van der Waals surface area contributed by atoms with Gasteiger partial charge in [0.2, 0.25) is 10.0 Å². The number of nitrogens with zero attached hydrogens (tertiary/aromatic N) is 2. The van der Waals surface area contributed by atoms with E-state index in [2.05, 4.69) is 18.9 Å². The Hall–Kier alpha value is -1.11. The van der Waals surface area contributed by atoms with Gasteiger partial charge in [-0.05, 0) is 25.6 Å². The predicted molar refractivity (Wildman–Crippen MR) is 84.0 cm³/mol. The molecule has 118 valence electrons. The van der Waals surface area contributed by atoms with Crippen LogP contribution in [0.15, 0.2) is 30.3 Å². The van der Waals surface area contributed by atoms with Crippen molar-refractivity contribution in [2.75, 3.05) is 39.0 Å². The van der Waals surface area contributed by atoms with E-state index in [0.717, 1.165) is 13.0 Å². The molecule has 1 saturated heterocycles. The van der Waals surface area contributed by atoms with Crippen molar-refractivity contribution in [2.24, 2.45) is 0 Å². The number of para-hydroxylation sites is 1. The van der Waals surface area contributed by atoms with Gasteiger partial charge in [-0.3, -0.25) is 0 Å². The van der Waals surface area contributed by atoms with Gasteiger partial charge in [0.15, 0.2) is 0 Å². The number of benzene rings is 1. The molecule has 1 fully saturated rings. The van der Waals surface area contributed by atoms with E-state index in [0.29, 0.717) is 24.9 Å². The third-order valence-corrected chi connectivity index (χ3v) is 5.76. The summed E-state index contributed by atoms with van der Waals surface area (Å²) in [7, 11) is -1.19. The van der Waals surface area contributed by atoms with E-state index in [1.807, 2.05) is 30.3 Å². The highest BCUT2D eigenvalue weighted by Crippen LogP contribution is 2.15. The molecule has 1 aliphatic heterocycles. The number of hydrogen-bond acceptors (Lipinski definition) is 4. The van der Waals surface area contributed by atoms with Crippen molar-refractivity contribution in [3.05, 3.63) is 30.3 Å². The summed E-state index contributed by atoms with van der Waals surface area (Å²) in [6, 6.07) is 9.61. The van der Waals surface area contributed by atoms with Crippen LogP contribution in [0.1, 0.15) is 13.3 Å². The quantitative estimate of drug-likeness (QED) is 0.797. The Balaban J connectivity index is 1.87. The van der Waals surface area contributed by atoms with Gasteiger partial charge in [-0.2, -0.15) is 4.31 Å². The minimum absolute atomic E-state index is 0.0298. The Bertz CT molecular complexity index is 533. The number of likely N-dealkylation sites (N-methyl/N-ethyl adjacent to an activating group) is 1. The summed E-state index contributed by atoms with van der Waals surface area (Å²) in [5.41, 5.74) is 0. The van der Waals surface area contributed by atoms with Crippen LogP contribution in [0.5, 0.6) is 5.75 Å². The zero-order valence-electron chi connectivity index (χ0n) is 12.7. The molecule has 1 aromatic carbocycles. The molecule has 0 spiro atoms. The molecule has 0 saturated carbocycles. The van der Waals surface area contributed by atoms with Gasteiger partial charge in [0, 0.05) is 25.7 Å². The molecule has 6 heteroatoms. The summed E-state index contributed by atoms with van der Waals surface area (Å²) >= 11 is 0. The van der Waals surface area contributed by atoms with Crippen molar-refractivity contribution in [1.82, 2.24) is 9.21 Å². The molecule has 1 aliphatic rings. The van der Waals surface area contributed by atoms with E-state index in [-0.39, 0.29) is 12.4 Å². The molecular formula is C15H24N2O3S. The zero-order valence-corrected chi connectivity index (χ0v) is 13.6. The summed E-state index contributed by atoms with van der Waals surface area (Å²) in [5.74, 6) is 0.736. The Morgan fingerprint density at radius 1 is 1.24 bits per heavy atom. The fourth-order valence-corrected chi connectivity index (χ4v) is 3.83. The number of ether oxygens (including phenoxy) is 1. The molecule has 1 atom stereocenters. The van der Waals surface area contributed by atoms with Gasteiger partial charge in [0.1, 0.15) is 12.4 Å². The van der Waals surface area contributed by atoms with Gasteiger partial charge in [0.05, 0.1) is 5.75 Å². The fourth-order valence-electron chi connectivity index (χ4n) is 2.52. The number of hydrogen-bond donors (Lipinski definition) is 0. The Labute approximate surface area is 127 Å². The van der Waals surface area contributed by atoms with Crippen LogP contribution in [0.25, 0.3) is 0 Å². The second kappa shape index (κ2) is 7.24. The smallest absolute Gasteiger partial charge is 0.217 e. The highest BCUT2D eigenvalue weighted by molar-refractivity contribution is 7.89. The highest BCUT2D eigenvalue weighted by Gasteiger charge is 2.30. The molecule has 0 aromatic heterocycles. The van der Waals surface area contributed by atoms with Crippen molar-refractivity contribution >= 4 is 10.0 Å². The van der Waals surface area contributed by atoms with Crippen LogP contribution in [0, 0.1) is 0 Å². The second-order valence-electron chi connectivity index (χ2n) is 5.38. The standard InChI is InChI=1S/C15H24N2O3S/c1-3-14-13-17(10-9-16(14)2)21(18,19)12-11-20-15-7-5-4-6-8-15/h4-8,14H,3,9-13H2,1-2H3. The molecule has 0 radical (unpaired) electrons. The van der Waals surface area contributed by atoms with Crippen LogP contribution in [0.4, 0.5) is 0 Å². The first-order valence-corrected chi connectivity index (χ1v) is 8.99. The molecule has 2 rings (SSSR count). The minimum atomic E-state index is -3.24. The second-order valence-corrected chi connectivity index (χ2v) is 7.47. The average Bonchev–Trinajstić information content (AvgIpc) is 2.48. The topological polar surface area (TPSA) is 49.9 Å². The van der Waals surface area contributed by atoms with E-state index in [9.17, 15) is 8.42 Å². The molecule has 21 heavy (non-hydrogen) atoms. The van der Waals surface area contributed by atoms with E-state index in [1.165, 1.54) is 0 Å². The largest absolute Gasteiger partial charge is 0.492 e. The van der Waals surface area contributed by atoms with Gasteiger partial charge < -0.3 is 9.64 Å². The van der Waals surface area contributed by atoms with Gasteiger partial charge in [-0.1, -0.05) is 25.1 Å². The van der Waals surface area contributed by atoms with Crippen LogP contribution in [-0.2, 0) is 10.0 Å². The van der Waals surface area contributed by atoms with Crippen molar-refractivity contribution in [3.8, 4) is 5.75 Å². The number of sulfonamides is 1. The molecule has 1 heterocycles. The van der Waals surface area contributed by atoms with Gasteiger partial charge in [-0.25, -0.2) is 8.42 Å². The Morgan fingerprint density at radius 3 is 2.62 bits per heavy atom. The van der Waals surface area contributed by atoms with Crippen LogP contribution in [0.3, 0.4) is 0 Å². The van der Waals surface area contributed by atoms with E-state index in [4.69, 9.17) is 4.74 Å². The first-order valence-electron chi connectivity index (χ1n) is 7.39. The van der Waals surface area contributed by atoms with Gasteiger partial charge in [-0.15, -0.1) is 0 Å². The zero-order chi connectivity index (χ0) is 15.3. The molecule has 1 aromatic rings. The van der Waals surface area contributed by atoms with Crippen molar-refractivity contribution in [3.63, 3.8) is 0 Å². The molecule has 0 amide bonds. The lowest BCUT2D eigenvalue weighted by Crippen LogP contribution is -2.53. The fraction of sp³-hybridized carbons (Fsp3) is 0.600. The van der Waals surface area contributed by atoms with E-state index >= 15 is 0 Å². The van der Waals surface area contributed by atoms with Crippen LogP contribution in [-0.4, -0.2) is 62.7 Å². The van der Waals surface area contributed by atoms with Crippen LogP contribution < -0.4 is 4.74 Å². The molecule has 1 unspecified atom stereocenters. The highest BCUT2D eigenvalue weighted by atomic mass is 32.2. The SMILES string of the molecule is CCC1CN(S(=O)(=O)CCOc2ccccc2)CCN1C. The lowest BCUT2D eigenvalue weighted by Gasteiger charge is -2.38. The Morgan fingerprint density at radius 2 is 1.95 bits per heavy atom. The van der Waals surface area contributed by atoms with Crippen LogP contribution in [0.2, 0.25) is 0 Å². The maximum absolute atomic E-state index is 12.4. The monoisotopic (exact) mass is 312 g/mol. The predicted octanol–water partition coefficient (Wildman–Crippen LogP) is 1.42. The van der Waals surface area contributed by atoms with Crippen molar-refractivity contribution in [2.45, 2.75) is 19.4 Å². The third kappa shape index (κ3) is 4.43. The minimum Gasteiger partial charge on any atom is -0.492 e. The molecule has 0 aliphatic carbocycles. The third-order valence-electron chi connectivity index (χ3n) is 3.96. The molecule has 0 N–H and O–H groups in total. The first-order chi connectivity index (χ1) is 10.0. The molecular weight excluding hydrogens is 288 g/mol. The van der Waals surface area contributed by atoms with E-state index < -0.39 is 10.0 Å². The van der Waals surface area contributed by atoms with Crippen LogP contribution >= 0.6 is 0 Å². The van der Waals surface area contributed by atoms with Gasteiger partial charge in [0.25, 0.3) is 0 Å². The maximum atomic E-state index is 12.4. The van der Waals surface area contributed by atoms with E-state index in [1.54, 1.807) is 4.31 Å². The maximum Gasteiger partial charge on any atom is 0.217 e. The average molecular weight is 312 g/mol. The van der Waals surface area contributed by atoms with Crippen molar-refractivity contribution in [1.29, 1.82) is 0 Å². The summed E-state index contributed by atoms with van der Waals surface area (Å²) in [6.07, 6.45) is 0.961. The lowest BCUT2D eigenvalue weighted by molar-refractivity contribution is 0.143. The molecule has 5 nitrogen and oxygen atoms in total. The summed E-state index contributed by atoms with van der Waals surface area (Å²) in [5, 5.41) is 0. The lowest BCUT2D eigenvalue weighted by atomic mass is 10.1. The van der Waals surface area contributed by atoms with Gasteiger partial charge >= 0.3 is 0 Å². The summed E-state index contributed by atoms with van der Waals surface area (Å²) in [6.45, 7) is 4.23. The normalized spacial score (nSPS) is 21.3. The van der Waals surface area contributed by atoms with Crippen molar-refractivity contribution < 1.29 is 13.2 Å². The summed E-state index contributed by atoms with van der Waals surface area (Å²) < 4.78 is 31.8.